The van der Waals surface area contributed by atoms with Crippen molar-refractivity contribution >= 4 is 13.3 Å². The van der Waals surface area contributed by atoms with Crippen molar-refractivity contribution in [2.24, 2.45) is 0 Å². The predicted molar refractivity (Wildman–Crippen MR) is 33.6 cm³/mol. The van der Waals surface area contributed by atoms with Crippen LogP contribution >= 0.6 is 8.03 Å². The zero-order valence-corrected chi connectivity index (χ0v) is 5.85. The van der Waals surface area contributed by atoms with Crippen molar-refractivity contribution in [1.29, 1.82) is 0 Å². The first-order chi connectivity index (χ1) is 4.70. The first-order valence-corrected chi connectivity index (χ1v) is 3.78. The molecule has 0 saturated heterocycles. The largest absolute Gasteiger partial charge is 0.591 e. The SMILES string of the molecule is O=[P+]([O-])c1ccc(F)cc1. The summed E-state index contributed by atoms with van der Waals surface area (Å²) in [6.45, 7) is 0. The van der Waals surface area contributed by atoms with E-state index in [1.165, 1.54) is 12.1 Å². The summed E-state index contributed by atoms with van der Waals surface area (Å²) in [5, 5.41) is 0.136. The van der Waals surface area contributed by atoms with Gasteiger partial charge in [0.25, 0.3) is 0 Å². The third-order valence-corrected chi connectivity index (χ3v) is 1.76. The van der Waals surface area contributed by atoms with Crippen LogP contribution in [0.3, 0.4) is 0 Å². The molecule has 1 aromatic carbocycles. The van der Waals surface area contributed by atoms with Crippen LogP contribution in [0, 0.1) is 5.82 Å². The van der Waals surface area contributed by atoms with E-state index in [2.05, 4.69) is 0 Å². The summed E-state index contributed by atoms with van der Waals surface area (Å²) >= 11 is 0. The van der Waals surface area contributed by atoms with Crippen molar-refractivity contribution in [1.82, 2.24) is 0 Å². The normalized spacial score (nSPS) is 11.2. The highest BCUT2D eigenvalue weighted by Gasteiger charge is 2.04. The van der Waals surface area contributed by atoms with E-state index >= 15 is 0 Å². The van der Waals surface area contributed by atoms with Crippen LogP contribution in [-0.4, -0.2) is 0 Å². The van der Waals surface area contributed by atoms with Gasteiger partial charge in [0.1, 0.15) is 5.82 Å². The van der Waals surface area contributed by atoms with Crippen LogP contribution < -0.4 is 10.2 Å². The van der Waals surface area contributed by atoms with Crippen LogP contribution in [-0.2, 0) is 4.57 Å². The highest BCUT2D eigenvalue weighted by molar-refractivity contribution is 7.45. The minimum Gasteiger partial charge on any atom is -0.591 e. The maximum Gasteiger partial charge on any atom is 0.348 e. The van der Waals surface area contributed by atoms with Gasteiger partial charge < -0.3 is 4.89 Å². The molecule has 4 heteroatoms. The van der Waals surface area contributed by atoms with Crippen molar-refractivity contribution < 1.29 is 13.8 Å². The lowest BCUT2D eigenvalue weighted by molar-refractivity contribution is -0.160. The fourth-order valence-corrected chi connectivity index (χ4v) is 0.955. The molecular formula is C6H4FO2P. The van der Waals surface area contributed by atoms with Crippen molar-refractivity contribution in [3.63, 3.8) is 0 Å². The van der Waals surface area contributed by atoms with Crippen LogP contribution in [0.4, 0.5) is 4.39 Å². The van der Waals surface area contributed by atoms with E-state index in [9.17, 15) is 13.8 Å². The lowest BCUT2D eigenvalue weighted by Crippen LogP contribution is -2.03. The highest BCUT2D eigenvalue weighted by Crippen LogP contribution is 2.06. The zero-order chi connectivity index (χ0) is 7.56. The minimum absolute atomic E-state index is 0.136. The molecule has 0 aromatic heterocycles. The summed E-state index contributed by atoms with van der Waals surface area (Å²) in [5.74, 6) is -0.430. The Balaban J connectivity index is 3.00. The van der Waals surface area contributed by atoms with Crippen molar-refractivity contribution in [3.05, 3.63) is 30.1 Å². The number of hydrogen-bond donors (Lipinski definition) is 0. The van der Waals surface area contributed by atoms with E-state index in [-0.39, 0.29) is 5.30 Å². The Morgan fingerprint density at radius 3 is 2.20 bits per heavy atom. The minimum atomic E-state index is -2.57. The number of halogens is 1. The summed E-state index contributed by atoms with van der Waals surface area (Å²) in [6, 6.07) is 4.67. The summed E-state index contributed by atoms with van der Waals surface area (Å²) in [6.07, 6.45) is 0. The van der Waals surface area contributed by atoms with E-state index in [0.29, 0.717) is 0 Å². The number of rotatable bonds is 1. The molecule has 0 fully saturated rings. The van der Waals surface area contributed by atoms with Gasteiger partial charge in [0, 0.05) is 0 Å². The number of hydrogen-bond acceptors (Lipinski definition) is 2. The molecule has 0 spiro atoms. The number of benzene rings is 1. The van der Waals surface area contributed by atoms with Gasteiger partial charge in [-0.25, -0.2) is 4.39 Å². The Labute approximate surface area is 58.2 Å². The highest BCUT2D eigenvalue weighted by atomic mass is 31.1. The van der Waals surface area contributed by atoms with Gasteiger partial charge in [0.2, 0.25) is 0 Å². The van der Waals surface area contributed by atoms with Crippen molar-refractivity contribution in [2.45, 2.75) is 0 Å². The zero-order valence-electron chi connectivity index (χ0n) is 4.95. The molecule has 0 aliphatic rings. The predicted octanol–water partition coefficient (Wildman–Crippen LogP) is 0.554. The van der Waals surface area contributed by atoms with Crippen molar-refractivity contribution in [2.75, 3.05) is 0 Å². The van der Waals surface area contributed by atoms with Gasteiger partial charge in [-0.2, -0.15) is 0 Å². The van der Waals surface area contributed by atoms with E-state index in [4.69, 9.17) is 0 Å². The third-order valence-electron chi connectivity index (χ3n) is 1.04. The van der Waals surface area contributed by atoms with E-state index in [1.807, 2.05) is 0 Å². The second kappa shape index (κ2) is 2.86. The summed E-state index contributed by atoms with van der Waals surface area (Å²) in [7, 11) is -2.57. The van der Waals surface area contributed by atoms with Crippen molar-refractivity contribution in [3.8, 4) is 0 Å². The van der Waals surface area contributed by atoms with Crippen LogP contribution in [0.2, 0.25) is 0 Å². The molecule has 1 rings (SSSR count). The molecular weight excluding hydrogens is 154 g/mol. The van der Waals surface area contributed by atoms with Crippen LogP contribution in [0.5, 0.6) is 0 Å². The van der Waals surface area contributed by atoms with E-state index in [1.54, 1.807) is 0 Å². The summed E-state index contributed by atoms with van der Waals surface area (Å²) < 4.78 is 22.4. The van der Waals surface area contributed by atoms with Gasteiger partial charge in [-0.15, -0.1) is 0 Å². The molecule has 52 valence electrons. The Morgan fingerprint density at radius 2 is 1.80 bits per heavy atom. The van der Waals surface area contributed by atoms with Crippen LogP contribution in [0.1, 0.15) is 0 Å². The topological polar surface area (TPSA) is 40.1 Å². The van der Waals surface area contributed by atoms with E-state index < -0.39 is 13.8 Å². The van der Waals surface area contributed by atoms with Gasteiger partial charge in [-0.3, -0.25) is 0 Å². The van der Waals surface area contributed by atoms with Gasteiger partial charge in [-0.1, -0.05) is 4.57 Å². The van der Waals surface area contributed by atoms with Crippen LogP contribution in [0.15, 0.2) is 24.3 Å². The second-order valence-corrected chi connectivity index (χ2v) is 2.76. The Hall–Kier alpha value is -0.790. The second-order valence-electron chi connectivity index (χ2n) is 1.73. The maximum absolute atomic E-state index is 12.2. The molecule has 1 atom stereocenters. The molecule has 0 N–H and O–H groups in total. The van der Waals surface area contributed by atoms with Gasteiger partial charge in [0.15, 0.2) is 5.30 Å². The van der Waals surface area contributed by atoms with Gasteiger partial charge in [-0.05, 0) is 24.3 Å². The quantitative estimate of drug-likeness (QED) is 0.560. The first-order valence-electron chi connectivity index (χ1n) is 2.60. The smallest absolute Gasteiger partial charge is 0.348 e. The van der Waals surface area contributed by atoms with E-state index in [0.717, 1.165) is 12.1 Å². The molecule has 0 heterocycles. The molecule has 1 unspecified atom stereocenters. The Bertz CT molecular complexity index is 244. The summed E-state index contributed by atoms with van der Waals surface area (Å²) in [5.41, 5.74) is 0. The third kappa shape index (κ3) is 1.59. The molecule has 0 aliphatic carbocycles. The molecule has 0 amide bonds. The van der Waals surface area contributed by atoms with Gasteiger partial charge >= 0.3 is 8.03 Å². The Morgan fingerprint density at radius 1 is 1.30 bits per heavy atom. The van der Waals surface area contributed by atoms with Gasteiger partial charge in [0.05, 0.1) is 0 Å². The summed E-state index contributed by atoms with van der Waals surface area (Å²) in [4.78, 5) is 10.2. The standard InChI is InChI=1S/C6H4FO2P/c7-5-1-3-6(4-2-5)10(8)9/h1-4H. The molecule has 0 bridgehead atoms. The lowest BCUT2D eigenvalue weighted by Gasteiger charge is -1.87. The molecule has 2 nitrogen and oxygen atoms in total. The maximum atomic E-state index is 12.2. The molecule has 0 radical (unpaired) electrons. The molecule has 0 saturated carbocycles. The molecule has 10 heavy (non-hydrogen) atoms. The fraction of sp³-hybridized carbons (Fsp3) is 0. The average Bonchev–Trinajstić information content (AvgIpc) is 1.88. The monoisotopic (exact) mass is 158 g/mol. The van der Waals surface area contributed by atoms with Crippen LogP contribution in [0.25, 0.3) is 0 Å². The molecule has 1 aromatic rings. The fourth-order valence-electron chi connectivity index (χ4n) is 0.563. The Kier molecular flexibility index (Phi) is 2.10. The average molecular weight is 158 g/mol. The molecule has 0 aliphatic heterocycles. The lowest BCUT2D eigenvalue weighted by atomic mass is 10.4. The first kappa shape index (κ1) is 7.32.